The number of carbonyl (C=O) groups is 3. The van der Waals surface area contributed by atoms with Crippen LogP contribution in [0.25, 0.3) is 0 Å². The number of hydrogen-bond donors (Lipinski definition) is 1. The number of anilines is 1. The highest BCUT2D eigenvalue weighted by Crippen LogP contribution is 2.24. The zero-order chi connectivity index (χ0) is 15.5. The van der Waals surface area contributed by atoms with Gasteiger partial charge in [-0.25, -0.2) is 4.79 Å². The first-order chi connectivity index (χ1) is 10.6. The minimum Gasteiger partial charge on any atom is -0.454 e. The molecule has 1 amide bonds. The summed E-state index contributed by atoms with van der Waals surface area (Å²) in [6.45, 7) is -0.353. The van der Waals surface area contributed by atoms with Crippen LogP contribution >= 0.6 is 0 Å². The number of pyridine rings is 1. The molecule has 0 aliphatic carbocycles. The molecule has 110 valence electrons. The summed E-state index contributed by atoms with van der Waals surface area (Å²) in [5.41, 5.74) is 2.19. The summed E-state index contributed by atoms with van der Waals surface area (Å²) >= 11 is 0. The van der Waals surface area contributed by atoms with Crippen LogP contribution in [0.15, 0.2) is 42.7 Å². The summed E-state index contributed by atoms with van der Waals surface area (Å²) in [6.07, 6.45) is 3.17. The molecule has 3 rings (SSSR count). The van der Waals surface area contributed by atoms with Crippen molar-refractivity contribution in [2.24, 2.45) is 0 Å². The van der Waals surface area contributed by atoms with Gasteiger partial charge < -0.3 is 10.1 Å². The van der Waals surface area contributed by atoms with E-state index in [4.69, 9.17) is 4.74 Å². The van der Waals surface area contributed by atoms with Crippen LogP contribution in [0.4, 0.5) is 5.69 Å². The topological polar surface area (TPSA) is 85.4 Å². The zero-order valence-corrected chi connectivity index (χ0v) is 11.5. The summed E-state index contributed by atoms with van der Waals surface area (Å²) < 4.78 is 4.97. The number of ether oxygens (including phenoxy) is 1. The van der Waals surface area contributed by atoms with E-state index in [0.29, 0.717) is 16.8 Å². The number of rotatable bonds is 4. The predicted molar refractivity (Wildman–Crippen MR) is 77.6 cm³/mol. The molecule has 1 aliphatic heterocycles. The van der Waals surface area contributed by atoms with Crippen molar-refractivity contribution in [2.75, 3.05) is 11.9 Å². The standard InChI is InChI=1S/C16H12N2O4/c19-14(9-22-16(21)11-2-1-5-17-8-11)10-3-4-13-12(6-10)7-15(20)18-13/h1-6,8H,7,9H2,(H,18,20). The van der Waals surface area contributed by atoms with Crippen LogP contribution < -0.4 is 5.32 Å². The van der Waals surface area contributed by atoms with Crippen LogP contribution in [0.5, 0.6) is 0 Å². The van der Waals surface area contributed by atoms with E-state index in [-0.39, 0.29) is 24.7 Å². The number of nitrogens with zero attached hydrogens (tertiary/aromatic N) is 1. The van der Waals surface area contributed by atoms with Gasteiger partial charge in [-0.3, -0.25) is 14.6 Å². The third-order valence-corrected chi connectivity index (χ3v) is 3.28. The van der Waals surface area contributed by atoms with Crippen LogP contribution in [-0.4, -0.2) is 29.3 Å². The minimum absolute atomic E-state index is 0.0948. The molecule has 1 aromatic heterocycles. The number of aromatic nitrogens is 1. The molecule has 6 heteroatoms. The van der Waals surface area contributed by atoms with Crippen molar-refractivity contribution in [3.8, 4) is 0 Å². The quantitative estimate of drug-likeness (QED) is 0.684. The fourth-order valence-corrected chi connectivity index (χ4v) is 2.18. The normalized spacial score (nSPS) is 12.5. The lowest BCUT2D eigenvalue weighted by Gasteiger charge is -2.05. The second kappa shape index (κ2) is 5.77. The van der Waals surface area contributed by atoms with Crippen molar-refractivity contribution in [3.63, 3.8) is 0 Å². The molecule has 0 bridgehead atoms. The fraction of sp³-hybridized carbons (Fsp3) is 0.125. The molecule has 1 aliphatic rings. The summed E-state index contributed by atoms with van der Waals surface area (Å²) in [7, 11) is 0. The number of ketones is 1. The van der Waals surface area contributed by atoms with Crippen molar-refractivity contribution in [1.82, 2.24) is 4.98 Å². The first-order valence-corrected chi connectivity index (χ1v) is 6.66. The zero-order valence-electron chi connectivity index (χ0n) is 11.5. The van der Waals surface area contributed by atoms with Crippen molar-refractivity contribution in [1.29, 1.82) is 0 Å². The second-order valence-electron chi connectivity index (χ2n) is 4.84. The van der Waals surface area contributed by atoms with Gasteiger partial charge in [0.25, 0.3) is 0 Å². The molecule has 0 spiro atoms. The average molecular weight is 296 g/mol. The SMILES string of the molecule is O=C1Cc2cc(C(=O)COC(=O)c3cccnc3)ccc2N1. The lowest BCUT2D eigenvalue weighted by atomic mass is 10.1. The maximum atomic E-state index is 12.1. The third-order valence-electron chi connectivity index (χ3n) is 3.28. The lowest BCUT2D eigenvalue weighted by molar-refractivity contribution is -0.115. The molecule has 6 nitrogen and oxygen atoms in total. The van der Waals surface area contributed by atoms with E-state index in [1.54, 1.807) is 36.5 Å². The number of benzene rings is 1. The van der Waals surface area contributed by atoms with E-state index in [1.165, 1.54) is 6.20 Å². The second-order valence-corrected chi connectivity index (χ2v) is 4.84. The first kappa shape index (κ1) is 13.9. The molecule has 0 radical (unpaired) electrons. The van der Waals surface area contributed by atoms with Crippen LogP contribution in [0, 0.1) is 0 Å². The van der Waals surface area contributed by atoms with Gasteiger partial charge in [-0.2, -0.15) is 0 Å². The van der Waals surface area contributed by atoms with Gasteiger partial charge in [-0.15, -0.1) is 0 Å². The summed E-state index contributed by atoms with van der Waals surface area (Å²) in [6, 6.07) is 8.10. The number of esters is 1. The molecule has 0 fully saturated rings. The molecular formula is C16H12N2O4. The van der Waals surface area contributed by atoms with Gasteiger partial charge in [0.15, 0.2) is 12.4 Å². The highest BCUT2D eigenvalue weighted by molar-refractivity contribution is 6.03. The number of fused-ring (bicyclic) bond motifs is 1. The number of amides is 1. The average Bonchev–Trinajstić information content (AvgIpc) is 2.92. The minimum atomic E-state index is -0.598. The maximum absolute atomic E-state index is 12.1. The van der Waals surface area contributed by atoms with E-state index in [2.05, 4.69) is 10.3 Å². The molecule has 2 heterocycles. The van der Waals surface area contributed by atoms with Crippen LogP contribution in [0.2, 0.25) is 0 Å². The van der Waals surface area contributed by atoms with Gasteiger partial charge in [0.2, 0.25) is 5.91 Å². The smallest absolute Gasteiger partial charge is 0.340 e. The first-order valence-electron chi connectivity index (χ1n) is 6.66. The highest BCUT2D eigenvalue weighted by atomic mass is 16.5. The van der Waals surface area contributed by atoms with Crippen LogP contribution in [0.1, 0.15) is 26.3 Å². The van der Waals surface area contributed by atoms with Crippen molar-refractivity contribution in [3.05, 3.63) is 59.4 Å². The van der Waals surface area contributed by atoms with Gasteiger partial charge in [0, 0.05) is 23.6 Å². The molecule has 22 heavy (non-hydrogen) atoms. The van der Waals surface area contributed by atoms with E-state index in [0.717, 1.165) is 5.56 Å². The maximum Gasteiger partial charge on any atom is 0.340 e. The third kappa shape index (κ3) is 2.85. The Labute approximate surface area is 126 Å². The van der Waals surface area contributed by atoms with Gasteiger partial charge in [0.05, 0.1) is 12.0 Å². The Balaban J connectivity index is 1.65. The summed E-state index contributed by atoms with van der Waals surface area (Å²) in [5.74, 6) is -1.01. The largest absolute Gasteiger partial charge is 0.454 e. The van der Waals surface area contributed by atoms with Crippen molar-refractivity contribution >= 4 is 23.3 Å². The molecule has 0 saturated carbocycles. The summed E-state index contributed by atoms with van der Waals surface area (Å²) in [5, 5.41) is 2.69. The van der Waals surface area contributed by atoms with Gasteiger partial charge in [-0.1, -0.05) is 0 Å². The number of nitrogens with one attached hydrogen (secondary N) is 1. The van der Waals surface area contributed by atoms with Crippen LogP contribution in [0.3, 0.4) is 0 Å². The molecule has 1 aromatic carbocycles. The Bertz CT molecular complexity index is 756. The molecular weight excluding hydrogens is 284 g/mol. The van der Waals surface area contributed by atoms with E-state index in [9.17, 15) is 14.4 Å². The Morgan fingerprint density at radius 2 is 2.09 bits per heavy atom. The number of carbonyl (C=O) groups excluding carboxylic acids is 3. The number of Topliss-reactive ketones (excluding diaryl/α,β-unsaturated/α-hetero) is 1. The van der Waals surface area contributed by atoms with Gasteiger partial charge >= 0.3 is 5.97 Å². The van der Waals surface area contributed by atoms with E-state index in [1.807, 2.05) is 0 Å². The van der Waals surface area contributed by atoms with Crippen LogP contribution in [-0.2, 0) is 16.0 Å². The van der Waals surface area contributed by atoms with Crippen molar-refractivity contribution < 1.29 is 19.1 Å². The van der Waals surface area contributed by atoms with Crippen molar-refractivity contribution in [2.45, 2.75) is 6.42 Å². The Hall–Kier alpha value is -3.02. The van der Waals surface area contributed by atoms with Gasteiger partial charge in [0.1, 0.15) is 0 Å². The number of hydrogen-bond acceptors (Lipinski definition) is 5. The lowest BCUT2D eigenvalue weighted by Crippen LogP contribution is -2.14. The Kier molecular flexibility index (Phi) is 3.65. The fourth-order valence-electron chi connectivity index (χ4n) is 2.18. The van der Waals surface area contributed by atoms with Gasteiger partial charge in [-0.05, 0) is 35.9 Å². The Morgan fingerprint density at radius 1 is 1.23 bits per heavy atom. The predicted octanol–water partition coefficient (Wildman–Crippen LogP) is 1.62. The Morgan fingerprint density at radius 3 is 2.86 bits per heavy atom. The molecule has 2 aromatic rings. The monoisotopic (exact) mass is 296 g/mol. The van der Waals surface area contributed by atoms with E-state index < -0.39 is 5.97 Å². The molecule has 0 atom stereocenters. The summed E-state index contributed by atoms with van der Waals surface area (Å²) in [4.78, 5) is 38.9. The highest BCUT2D eigenvalue weighted by Gasteiger charge is 2.19. The molecule has 1 N–H and O–H groups in total. The molecule has 0 saturated heterocycles. The van der Waals surface area contributed by atoms with E-state index >= 15 is 0 Å². The molecule has 0 unspecified atom stereocenters.